The molecule has 1 amide bonds. The quantitative estimate of drug-likeness (QED) is 0.685. The van der Waals surface area contributed by atoms with Gasteiger partial charge in [0.25, 0.3) is 5.91 Å². The van der Waals surface area contributed by atoms with Crippen LogP contribution in [0.3, 0.4) is 0 Å². The van der Waals surface area contributed by atoms with Crippen molar-refractivity contribution in [1.29, 1.82) is 0 Å². The van der Waals surface area contributed by atoms with Gasteiger partial charge >= 0.3 is 6.18 Å². The minimum absolute atomic E-state index is 0.0918. The van der Waals surface area contributed by atoms with Gasteiger partial charge in [0.05, 0.1) is 12.1 Å². The number of carbonyl (C=O) groups excluding carboxylic acids is 1. The first-order chi connectivity index (χ1) is 16.1. The highest BCUT2D eigenvalue weighted by atomic mass is 19.4. The molecule has 0 radical (unpaired) electrons. The Kier molecular flexibility index (Phi) is 6.67. The molecule has 1 unspecified atom stereocenters. The van der Waals surface area contributed by atoms with Gasteiger partial charge in [0.1, 0.15) is 24.7 Å². The molecule has 4 rings (SSSR count). The Morgan fingerprint density at radius 2 is 1.85 bits per heavy atom. The maximum atomic E-state index is 13.0. The zero-order valence-corrected chi connectivity index (χ0v) is 18.8. The van der Waals surface area contributed by atoms with Crippen molar-refractivity contribution in [3.05, 3.63) is 94.1 Å². The van der Waals surface area contributed by atoms with Gasteiger partial charge in [-0.05, 0) is 47.0 Å². The van der Waals surface area contributed by atoms with Crippen LogP contribution >= 0.6 is 0 Å². The van der Waals surface area contributed by atoms with Gasteiger partial charge in [0.2, 0.25) is 0 Å². The molecule has 0 aromatic heterocycles. The summed E-state index contributed by atoms with van der Waals surface area (Å²) >= 11 is 0. The van der Waals surface area contributed by atoms with E-state index in [1.807, 2.05) is 4.90 Å². The predicted octanol–water partition coefficient (Wildman–Crippen LogP) is 4.06. The molecule has 0 saturated heterocycles. The topological polar surface area (TPSA) is 62.2 Å². The first-order valence-electron chi connectivity index (χ1n) is 10.7. The van der Waals surface area contributed by atoms with Crippen LogP contribution in [-0.2, 0) is 35.3 Å². The van der Waals surface area contributed by atoms with Gasteiger partial charge in [0.15, 0.2) is 5.76 Å². The fourth-order valence-electron chi connectivity index (χ4n) is 3.85. The average Bonchev–Trinajstić information content (AvgIpc) is 3.19. The summed E-state index contributed by atoms with van der Waals surface area (Å²) in [6, 6.07) is 10.8. The molecule has 6 nitrogen and oxygen atoms in total. The van der Waals surface area contributed by atoms with Gasteiger partial charge in [-0.1, -0.05) is 18.2 Å². The number of benzene rings is 2. The molecule has 0 aliphatic carbocycles. The van der Waals surface area contributed by atoms with Crippen molar-refractivity contribution in [3.8, 4) is 0 Å². The van der Waals surface area contributed by atoms with Crippen molar-refractivity contribution in [2.75, 3.05) is 20.6 Å². The smallest absolute Gasteiger partial charge is 0.416 e. The summed E-state index contributed by atoms with van der Waals surface area (Å²) < 4.78 is 50.1. The van der Waals surface area contributed by atoms with E-state index >= 15 is 0 Å². The molecular weight excluding hydrogens is 449 g/mol. The molecule has 0 saturated carbocycles. The Labute approximate surface area is 195 Å². The van der Waals surface area contributed by atoms with E-state index in [1.54, 1.807) is 38.4 Å². The molecular formula is C25H25F3N2O4. The fourth-order valence-corrected chi connectivity index (χ4v) is 3.85. The third kappa shape index (κ3) is 5.43. The number of carbonyl (C=O) groups is 1. The van der Waals surface area contributed by atoms with Crippen LogP contribution in [0.25, 0.3) is 0 Å². The number of halogens is 3. The Morgan fingerprint density at radius 1 is 1.15 bits per heavy atom. The molecule has 34 heavy (non-hydrogen) atoms. The van der Waals surface area contributed by atoms with Crippen LogP contribution in [0.4, 0.5) is 13.2 Å². The SMILES string of the molecule is CN(C)C(=O)c1ccc(COC2=COC(CN3Cc4ccc(C(F)(F)F)cc4C3)=CC2O)cc1. The molecule has 2 aromatic rings. The van der Waals surface area contributed by atoms with Crippen LogP contribution in [-0.4, -0.2) is 47.6 Å². The third-order valence-electron chi connectivity index (χ3n) is 5.68. The fraction of sp³-hybridized carbons (Fsp3) is 0.320. The van der Waals surface area contributed by atoms with Gasteiger partial charge in [-0.25, -0.2) is 0 Å². The summed E-state index contributed by atoms with van der Waals surface area (Å²) in [6.07, 6.45) is -2.50. The summed E-state index contributed by atoms with van der Waals surface area (Å²) in [6.45, 7) is 1.41. The first-order valence-corrected chi connectivity index (χ1v) is 10.7. The number of alkyl halides is 3. The minimum atomic E-state index is -4.37. The van der Waals surface area contributed by atoms with Crippen molar-refractivity contribution in [1.82, 2.24) is 9.80 Å². The molecule has 2 aliphatic heterocycles. The Hall–Kier alpha value is -3.30. The van der Waals surface area contributed by atoms with Crippen LogP contribution in [0.2, 0.25) is 0 Å². The average molecular weight is 474 g/mol. The van der Waals surface area contributed by atoms with E-state index in [-0.39, 0.29) is 18.3 Å². The molecule has 0 spiro atoms. The maximum absolute atomic E-state index is 13.0. The molecule has 0 fully saturated rings. The summed E-state index contributed by atoms with van der Waals surface area (Å²) in [7, 11) is 3.37. The van der Waals surface area contributed by atoms with E-state index in [9.17, 15) is 23.1 Å². The van der Waals surface area contributed by atoms with Crippen molar-refractivity contribution in [2.24, 2.45) is 0 Å². The highest BCUT2D eigenvalue weighted by Crippen LogP contribution is 2.33. The monoisotopic (exact) mass is 474 g/mol. The van der Waals surface area contributed by atoms with Crippen LogP contribution in [0.1, 0.15) is 32.6 Å². The number of rotatable bonds is 6. The van der Waals surface area contributed by atoms with E-state index in [0.717, 1.165) is 17.2 Å². The van der Waals surface area contributed by atoms with Crippen molar-refractivity contribution in [3.63, 3.8) is 0 Å². The van der Waals surface area contributed by atoms with Crippen molar-refractivity contribution >= 4 is 5.91 Å². The lowest BCUT2D eigenvalue weighted by atomic mass is 10.1. The van der Waals surface area contributed by atoms with Crippen LogP contribution in [0.5, 0.6) is 0 Å². The van der Waals surface area contributed by atoms with Gasteiger partial charge in [0, 0.05) is 32.7 Å². The summed E-state index contributed by atoms with van der Waals surface area (Å²) in [5.74, 6) is 0.651. The van der Waals surface area contributed by atoms with Crippen molar-refractivity contribution in [2.45, 2.75) is 32.0 Å². The maximum Gasteiger partial charge on any atom is 0.416 e. The number of fused-ring (bicyclic) bond motifs is 1. The molecule has 2 aromatic carbocycles. The molecule has 2 heterocycles. The molecule has 1 N–H and O–H groups in total. The van der Waals surface area contributed by atoms with Crippen LogP contribution in [0, 0.1) is 0 Å². The molecule has 180 valence electrons. The van der Waals surface area contributed by atoms with Crippen LogP contribution < -0.4 is 0 Å². The Morgan fingerprint density at radius 3 is 2.50 bits per heavy atom. The zero-order valence-electron chi connectivity index (χ0n) is 18.8. The number of hydrogen-bond donors (Lipinski definition) is 1. The van der Waals surface area contributed by atoms with E-state index < -0.39 is 17.8 Å². The number of aliphatic hydroxyl groups excluding tert-OH is 1. The molecule has 0 bridgehead atoms. The number of nitrogens with zero attached hydrogens (tertiary/aromatic N) is 2. The highest BCUT2D eigenvalue weighted by Gasteiger charge is 2.32. The van der Waals surface area contributed by atoms with E-state index in [2.05, 4.69) is 0 Å². The van der Waals surface area contributed by atoms with Gasteiger partial charge in [-0.3, -0.25) is 9.69 Å². The molecule has 9 heteroatoms. The standard InChI is InChI=1S/C25H25F3N2O4/c1-29(2)24(32)17-5-3-16(4-6-17)14-34-23-15-33-21(10-22(23)31)13-30-11-18-7-8-20(25(26,27)28)9-19(18)12-30/h3-10,15,22,31H,11-14H2,1-2H3. The first kappa shape index (κ1) is 23.8. The van der Waals surface area contributed by atoms with Gasteiger partial charge in [-0.2, -0.15) is 13.2 Å². The zero-order chi connectivity index (χ0) is 24.5. The second-order valence-electron chi connectivity index (χ2n) is 8.53. The normalized spacial score (nSPS) is 18.0. The lowest BCUT2D eigenvalue weighted by Crippen LogP contribution is -2.24. The third-order valence-corrected chi connectivity index (χ3v) is 5.68. The molecule has 1 atom stereocenters. The second-order valence-corrected chi connectivity index (χ2v) is 8.53. The number of aliphatic hydroxyl groups is 1. The summed E-state index contributed by atoms with van der Waals surface area (Å²) in [4.78, 5) is 15.4. The minimum Gasteiger partial charge on any atom is -0.487 e. The van der Waals surface area contributed by atoms with E-state index in [4.69, 9.17) is 9.47 Å². The lowest BCUT2D eigenvalue weighted by molar-refractivity contribution is -0.137. The summed E-state index contributed by atoms with van der Waals surface area (Å²) in [5, 5.41) is 10.4. The molecule has 2 aliphatic rings. The number of ether oxygens (including phenoxy) is 2. The highest BCUT2D eigenvalue weighted by molar-refractivity contribution is 5.93. The number of amides is 1. The lowest BCUT2D eigenvalue weighted by Gasteiger charge is -2.23. The van der Waals surface area contributed by atoms with E-state index in [0.29, 0.717) is 36.5 Å². The Balaban J connectivity index is 1.29. The van der Waals surface area contributed by atoms with Gasteiger partial charge < -0.3 is 19.5 Å². The van der Waals surface area contributed by atoms with Crippen LogP contribution in [0.15, 0.2) is 66.3 Å². The summed E-state index contributed by atoms with van der Waals surface area (Å²) in [5.41, 5.74) is 2.24. The Bertz CT molecular complexity index is 1120. The van der Waals surface area contributed by atoms with Gasteiger partial charge in [-0.15, -0.1) is 0 Å². The van der Waals surface area contributed by atoms with Crippen molar-refractivity contribution < 1.29 is 32.5 Å². The predicted molar refractivity (Wildman–Crippen MR) is 118 cm³/mol. The van der Waals surface area contributed by atoms with E-state index in [1.165, 1.54) is 29.4 Å². The number of hydrogen-bond acceptors (Lipinski definition) is 5. The second kappa shape index (κ2) is 9.52. The largest absolute Gasteiger partial charge is 0.487 e.